The van der Waals surface area contributed by atoms with Crippen molar-refractivity contribution in [1.29, 1.82) is 0 Å². The Morgan fingerprint density at radius 3 is 2.54 bits per heavy atom. The molecule has 0 aliphatic carbocycles. The quantitative estimate of drug-likeness (QED) is 0.763. The summed E-state index contributed by atoms with van der Waals surface area (Å²) in [5.74, 6) is 0.0113. The summed E-state index contributed by atoms with van der Waals surface area (Å²) in [6.45, 7) is 6.76. The topological polar surface area (TPSA) is 58.4 Å². The van der Waals surface area contributed by atoms with E-state index in [9.17, 15) is 4.79 Å². The number of amides is 1. The lowest BCUT2D eigenvalue weighted by atomic mass is 10.1. The Morgan fingerprint density at radius 2 is 1.96 bits per heavy atom. The summed E-state index contributed by atoms with van der Waals surface area (Å²) in [6, 6.07) is 6.23. The molecule has 1 atom stereocenters. The zero-order valence-corrected chi connectivity index (χ0v) is 16.3. The van der Waals surface area contributed by atoms with Gasteiger partial charge in [-0.3, -0.25) is 4.79 Å². The van der Waals surface area contributed by atoms with Gasteiger partial charge in [-0.1, -0.05) is 31.4 Å². The number of carbonyl (C=O) groups is 1. The van der Waals surface area contributed by atoms with Gasteiger partial charge in [0.2, 0.25) is 0 Å². The Labute approximate surface area is 158 Å². The molecule has 3 N–H and O–H groups in total. The molecular formula is C18H31Cl2N3O. The van der Waals surface area contributed by atoms with E-state index < -0.39 is 0 Å². The first-order chi connectivity index (χ1) is 10.7. The summed E-state index contributed by atoms with van der Waals surface area (Å²) in [5, 5.41) is 3.12. The van der Waals surface area contributed by atoms with Crippen LogP contribution in [0.5, 0.6) is 0 Å². The normalized spacial score (nSPS) is 14.5. The Bertz CT molecular complexity index is 505. The summed E-state index contributed by atoms with van der Waals surface area (Å²) in [6.07, 6.45) is 5.57. The van der Waals surface area contributed by atoms with Gasteiger partial charge in [-0.05, 0) is 38.3 Å². The van der Waals surface area contributed by atoms with E-state index in [0.717, 1.165) is 49.2 Å². The summed E-state index contributed by atoms with van der Waals surface area (Å²) in [4.78, 5) is 15.0. The van der Waals surface area contributed by atoms with Gasteiger partial charge in [0.05, 0.1) is 5.56 Å². The van der Waals surface area contributed by atoms with Crippen LogP contribution in [0.15, 0.2) is 18.2 Å². The van der Waals surface area contributed by atoms with Crippen LogP contribution >= 0.6 is 24.8 Å². The maximum atomic E-state index is 12.7. The molecule has 1 saturated heterocycles. The van der Waals surface area contributed by atoms with Crippen molar-refractivity contribution in [3.63, 3.8) is 0 Å². The third-order valence-electron chi connectivity index (χ3n) is 4.37. The Morgan fingerprint density at radius 1 is 1.29 bits per heavy atom. The lowest BCUT2D eigenvalue weighted by Crippen LogP contribution is -2.40. The van der Waals surface area contributed by atoms with E-state index in [2.05, 4.69) is 29.3 Å². The summed E-state index contributed by atoms with van der Waals surface area (Å²) in [5.41, 5.74) is 8.77. The molecule has 0 aromatic heterocycles. The first-order valence-corrected chi connectivity index (χ1v) is 8.52. The fourth-order valence-corrected chi connectivity index (χ4v) is 3.03. The number of hydrogen-bond acceptors (Lipinski definition) is 3. The molecule has 138 valence electrons. The molecule has 6 heteroatoms. The number of aryl methyl sites for hydroxylation is 1. The number of nitrogens with one attached hydrogen (secondary N) is 1. The number of nitrogens with two attached hydrogens (primary N) is 1. The smallest absolute Gasteiger partial charge is 0.253 e. The van der Waals surface area contributed by atoms with Crippen molar-refractivity contribution in [1.82, 2.24) is 5.32 Å². The molecule has 0 bridgehead atoms. The SMILES string of the molecule is CCCCC(CN)NC(=O)c1cc(C)ccc1N1CCCC1.Cl.Cl. The van der Waals surface area contributed by atoms with E-state index in [1.54, 1.807) is 0 Å². The molecule has 0 saturated carbocycles. The molecule has 0 spiro atoms. The third-order valence-corrected chi connectivity index (χ3v) is 4.37. The fraction of sp³-hybridized carbons (Fsp3) is 0.611. The second-order valence-corrected chi connectivity index (χ2v) is 6.26. The number of anilines is 1. The highest BCUT2D eigenvalue weighted by Crippen LogP contribution is 2.25. The average Bonchev–Trinajstić information content (AvgIpc) is 3.05. The number of halogens is 2. The third kappa shape index (κ3) is 6.15. The molecule has 1 heterocycles. The number of rotatable bonds is 7. The predicted molar refractivity (Wildman–Crippen MR) is 107 cm³/mol. The molecule has 24 heavy (non-hydrogen) atoms. The first kappa shape index (κ1) is 23.0. The van der Waals surface area contributed by atoms with Gasteiger partial charge in [-0.2, -0.15) is 0 Å². The van der Waals surface area contributed by atoms with Crippen LogP contribution in [0.25, 0.3) is 0 Å². The second kappa shape index (κ2) is 11.6. The van der Waals surface area contributed by atoms with Crippen molar-refractivity contribution in [2.45, 2.75) is 52.0 Å². The predicted octanol–water partition coefficient (Wildman–Crippen LogP) is 3.69. The van der Waals surface area contributed by atoms with Gasteiger partial charge in [0.15, 0.2) is 0 Å². The van der Waals surface area contributed by atoms with Crippen LogP contribution in [0.1, 0.15) is 54.9 Å². The van der Waals surface area contributed by atoms with Gasteiger partial charge in [-0.15, -0.1) is 24.8 Å². The van der Waals surface area contributed by atoms with E-state index in [4.69, 9.17) is 5.73 Å². The largest absolute Gasteiger partial charge is 0.371 e. The van der Waals surface area contributed by atoms with E-state index in [-0.39, 0.29) is 36.8 Å². The maximum absolute atomic E-state index is 12.7. The lowest BCUT2D eigenvalue weighted by Gasteiger charge is -2.23. The van der Waals surface area contributed by atoms with Gasteiger partial charge in [0.25, 0.3) is 5.91 Å². The van der Waals surface area contributed by atoms with Crippen LogP contribution in [0.3, 0.4) is 0 Å². The van der Waals surface area contributed by atoms with Crippen LogP contribution in [-0.2, 0) is 0 Å². The molecule has 2 rings (SSSR count). The summed E-state index contributed by atoms with van der Waals surface area (Å²) in [7, 11) is 0. The monoisotopic (exact) mass is 375 g/mol. The van der Waals surface area contributed by atoms with Crippen LogP contribution in [-0.4, -0.2) is 31.6 Å². The lowest BCUT2D eigenvalue weighted by molar-refractivity contribution is 0.0936. The van der Waals surface area contributed by atoms with Crippen LogP contribution in [0.2, 0.25) is 0 Å². The van der Waals surface area contributed by atoms with Crippen LogP contribution in [0.4, 0.5) is 5.69 Å². The van der Waals surface area contributed by atoms with Crippen molar-refractivity contribution in [3.05, 3.63) is 29.3 Å². The summed E-state index contributed by atoms with van der Waals surface area (Å²) < 4.78 is 0. The van der Waals surface area contributed by atoms with Gasteiger partial charge >= 0.3 is 0 Å². The molecule has 1 amide bonds. The minimum absolute atomic E-state index is 0. The Hall–Kier alpha value is -0.970. The highest BCUT2D eigenvalue weighted by molar-refractivity contribution is 6.00. The number of benzene rings is 1. The summed E-state index contributed by atoms with van der Waals surface area (Å²) >= 11 is 0. The van der Waals surface area contributed by atoms with E-state index in [1.165, 1.54) is 12.8 Å². The molecule has 1 aliphatic rings. The van der Waals surface area contributed by atoms with Gasteiger partial charge in [-0.25, -0.2) is 0 Å². The molecule has 1 aliphatic heterocycles. The van der Waals surface area contributed by atoms with Crippen molar-refractivity contribution in [2.24, 2.45) is 5.73 Å². The Balaban J connectivity index is 0.00000264. The van der Waals surface area contributed by atoms with Crippen molar-refractivity contribution in [3.8, 4) is 0 Å². The highest BCUT2D eigenvalue weighted by atomic mass is 35.5. The van der Waals surface area contributed by atoms with Gasteiger partial charge < -0.3 is 16.0 Å². The standard InChI is InChI=1S/C18H29N3O.2ClH/c1-3-4-7-15(13-19)20-18(22)16-12-14(2)8-9-17(16)21-10-5-6-11-21;;/h8-9,12,15H,3-7,10-11,13,19H2,1-2H3,(H,20,22);2*1H. The van der Waals surface area contributed by atoms with E-state index in [0.29, 0.717) is 6.54 Å². The zero-order valence-electron chi connectivity index (χ0n) is 14.7. The number of carbonyl (C=O) groups excluding carboxylic acids is 1. The van der Waals surface area contributed by atoms with Crippen molar-refractivity contribution >= 4 is 36.4 Å². The zero-order chi connectivity index (χ0) is 15.9. The maximum Gasteiger partial charge on any atom is 0.253 e. The molecular weight excluding hydrogens is 345 g/mol. The molecule has 0 radical (unpaired) electrons. The number of hydrogen-bond donors (Lipinski definition) is 2. The van der Waals surface area contributed by atoms with Gasteiger partial charge in [0, 0.05) is 31.4 Å². The first-order valence-electron chi connectivity index (χ1n) is 8.52. The number of unbranched alkanes of at least 4 members (excludes halogenated alkanes) is 1. The minimum Gasteiger partial charge on any atom is -0.371 e. The van der Waals surface area contributed by atoms with Crippen molar-refractivity contribution < 1.29 is 4.79 Å². The Kier molecular flexibility index (Phi) is 11.1. The minimum atomic E-state index is 0. The number of nitrogens with zero attached hydrogens (tertiary/aromatic N) is 1. The molecule has 4 nitrogen and oxygen atoms in total. The van der Waals surface area contributed by atoms with Crippen LogP contribution in [0, 0.1) is 6.92 Å². The fourth-order valence-electron chi connectivity index (χ4n) is 3.03. The van der Waals surface area contributed by atoms with Gasteiger partial charge in [0.1, 0.15) is 0 Å². The second-order valence-electron chi connectivity index (χ2n) is 6.26. The van der Waals surface area contributed by atoms with Crippen molar-refractivity contribution in [2.75, 3.05) is 24.5 Å². The molecule has 1 fully saturated rings. The molecule has 1 aromatic rings. The molecule has 1 unspecified atom stereocenters. The average molecular weight is 376 g/mol. The van der Waals surface area contributed by atoms with E-state index >= 15 is 0 Å². The highest BCUT2D eigenvalue weighted by Gasteiger charge is 2.21. The van der Waals surface area contributed by atoms with Crippen LogP contribution < -0.4 is 16.0 Å². The van der Waals surface area contributed by atoms with E-state index in [1.807, 2.05) is 13.0 Å². The molecule has 1 aromatic carbocycles.